The van der Waals surface area contributed by atoms with E-state index in [0.29, 0.717) is 50.8 Å². The molecule has 8 N–H and O–H groups in total. The average Bonchev–Trinajstić information content (AvgIpc) is 2.90. The normalized spacial score (nSPS) is 25.4. The molecule has 0 radical (unpaired) electrons. The van der Waals surface area contributed by atoms with E-state index in [1.54, 1.807) is 38.2 Å². The first-order chi connectivity index (χ1) is 17.8. The predicted molar refractivity (Wildman–Crippen MR) is 142 cm³/mol. The summed E-state index contributed by atoms with van der Waals surface area (Å²) in [5.74, 6) is -1.72. The Labute approximate surface area is 219 Å². The maximum absolute atomic E-state index is 13.2. The van der Waals surface area contributed by atoms with Crippen LogP contribution in [0.15, 0.2) is 30.3 Å². The third kappa shape index (κ3) is 10.1. The van der Waals surface area contributed by atoms with Gasteiger partial charge >= 0.3 is 0 Å². The minimum atomic E-state index is -0.885. The van der Waals surface area contributed by atoms with Crippen molar-refractivity contribution in [2.75, 3.05) is 20.1 Å². The van der Waals surface area contributed by atoms with Gasteiger partial charge in [-0.25, -0.2) is 0 Å². The third-order valence-corrected chi connectivity index (χ3v) is 6.51. The predicted octanol–water partition coefficient (Wildman–Crippen LogP) is -0.00880. The van der Waals surface area contributed by atoms with E-state index >= 15 is 0 Å². The molecule has 0 spiro atoms. The van der Waals surface area contributed by atoms with Gasteiger partial charge in [-0.05, 0) is 51.3 Å². The van der Waals surface area contributed by atoms with Gasteiger partial charge in [-0.3, -0.25) is 29.8 Å². The van der Waals surface area contributed by atoms with Crippen molar-refractivity contribution in [3.63, 3.8) is 0 Å². The van der Waals surface area contributed by atoms with Gasteiger partial charge in [0.05, 0.1) is 0 Å². The van der Waals surface area contributed by atoms with Crippen molar-refractivity contribution in [1.29, 1.82) is 0 Å². The fraction of sp³-hybridized carbons (Fsp3) is 0.615. The summed E-state index contributed by atoms with van der Waals surface area (Å²) in [7, 11) is 1.73. The molecule has 37 heavy (non-hydrogen) atoms. The second-order valence-electron chi connectivity index (χ2n) is 9.43. The molecule has 5 atom stereocenters. The SMILES string of the molecule is CC[C@@H]1NC(=O)[C@H](CCCNC(N)NC)NC(=O)[C@@H](C)CCCCNC(=O)[C@@H](c2ccccc2)NC1=O. The van der Waals surface area contributed by atoms with Crippen LogP contribution in [-0.2, 0) is 19.2 Å². The van der Waals surface area contributed by atoms with Crippen LogP contribution in [0.2, 0.25) is 0 Å². The maximum atomic E-state index is 13.2. The molecule has 11 heteroatoms. The number of carbonyl (C=O) groups excluding carboxylic acids is 4. The van der Waals surface area contributed by atoms with E-state index in [-0.39, 0.29) is 24.0 Å². The fourth-order valence-electron chi connectivity index (χ4n) is 4.08. The van der Waals surface area contributed by atoms with E-state index in [1.165, 1.54) is 0 Å². The van der Waals surface area contributed by atoms with Crippen molar-refractivity contribution in [1.82, 2.24) is 31.9 Å². The van der Waals surface area contributed by atoms with Gasteiger partial charge in [0.25, 0.3) is 0 Å². The molecule has 1 aromatic carbocycles. The largest absolute Gasteiger partial charge is 0.354 e. The minimum absolute atomic E-state index is 0.210. The zero-order chi connectivity index (χ0) is 27.2. The summed E-state index contributed by atoms with van der Waals surface area (Å²) in [5.41, 5.74) is 6.45. The van der Waals surface area contributed by atoms with Gasteiger partial charge in [0.15, 0.2) is 0 Å². The molecule has 2 rings (SSSR count). The molecule has 1 fully saturated rings. The molecule has 0 saturated carbocycles. The third-order valence-electron chi connectivity index (χ3n) is 6.51. The van der Waals surface area contributed by atoms with E-state index in [2.05, 4.69) is 31.9 Å². The molecular formula is C26H43N7O4. The highest BCUT2D eigenvalue weighted by molar-refractivity contribution is 5.94. The zero-order valence-electron chi connectivity index (χ0n) is 22.1. The molecule has 0 bridgehead atoms. The van der Waals surface area contributed by atoms with Crippen LogP contribution in [0.3, 0.4) is 0 Å². The monoisotopic (exact) mass is 517 g/mol. The smallest absolute Gasteiger partial charge is 0.247 e. The number of nitrogens with two attached hydrogens (primary N) is 1. The molecule has 1 aliphatic heterocycles. The van der Waals surface area contributed by atoms with Gasteiger partial charge in [0, 0.05) is 12.5 Å². The molecule has 1 heterocycles. The lowest BCUT2D eigenvalue weighted by Gasteiger charge is -2.26. The number of rotatable bonds is 8. The Bertz CT molecular complexity index is 883. The zero-order valence-corrected chi connectivity index (χ0v) is 22.1. The molecule has 1 unspecified atom stereocenters. The Kier molecular flexibility index (Phi) is 13.0. The van der Waals surface area contributed by atoms with Crippen LogP contribution in [-0.4, -0.2) is 62.1 Å². The van der Waals surface area contributed by atoms with Gasteiger partial charge in [0.1, 0.15) is 24.4 Å². The van der Waals surface area contributed by atoms with Gasteiger partial charge in [-0.2, -0.15) is 0 Å². The van der Waals surface area contributed by atoms with Crippen molar-refractivity contribution >= 4 is 23.6 Å². The second-order valence-corrected chi connectivity index (χ2v) is 9.43. The van der Waals surface area contributed by atoms with Crippen LogP contribution in [0.5, 0.6) is 0 Å². The molecule has 11 nitrogen and oxygen atoms in total. The van der Waals surface area contributed by atoms with E-state index in [0.717, 1.165) is 6.42 Å². The first-order valence-electron chi connectivity index (χ1n) is 13.2. The molecule has 0 aromatic heterocycles. The van der Waals surface area contributed by atoms with E-state index in [9.17, 15) is 19.2 Å². The second kappa shape index (κ2) is 16.0. The molecule has 1 saturated heterocycles. The van der Waals surface area contributed by atoms with Crippen LogP contribution < -0.4 is 37.6 Å². The summed E-state index contributed by atoms with van der Waals surface area (Å²) in [4.78, 5) is 52.2. The average molecular weight is 518 g/mol. The number of hydrogen-bond acceptors (Lipinski definition) is 7. The Morgan fingerprint density at radius 1 is 0.946 bits per heavy atom. The molecule has 1 aromatic rings. The quantitative estimate of drug-likeness (QED) is 0.188. The Morgan fingerprint density at radius 2 is 1.62 bits per heavy atom. The summed E-state index contributed by atoms with van der Waals surface area (Å²) >= 11 is 0. The number of nitrogens with one attached hydrogen (secondary N) is 6. The Morgan fingerprint density at radius 3 is 2.30 bits per heavy atom. The summed E-state index contributed by atoms with van der Waals surface area (Å²) in [6.45, 7) is 4.58. The number of amides is 4. The van der Waals surface area contributed by atoms with Crippen LogP contribution >= 0.6 is 0 Å². The summed E-state index contributed by atoms with van der Waals surface area (Å²) < 4.78 is 0. The van der Waals surface area contributed by atoms with Gasteiger partial charge in [-0.15, -0.1) is 0 Å². The molecular weight excluding hydrogens is 474 g/mol. The number of carbonyl (C=O) groups is 4. The minimum Gasteiger partial charge on any atom is -0.354 e. The van der Waals surface area contributed by atoms with Crippen molar-refractivity contribution in [3.8, 4) is 0 Å². The number of hydrogen-bond donors (Lipinski definition) is 7. The van der Waals surface area contributed by atoms with Crippen LogP contribution in [0, 0.1) is 5.92 Å². The molecule has 0 aliphatic carbocycles. The molecule has 1 aliphatic rings. The Hall–Kier alpha value is -3.02. The lowest BCUT2D eigenvalue weighted by atomic mass is 10.0. The number of benzene rings is 1. The van der Waals surface area contributed by atoms with Gasteiger partial charge < -0.3 is 27.0 Å². The van der Waals surface area contributed by atoms with E-state index in [4.69, 9.17) is 5.73 Å². The van der Waals surface area contributed by atoms with Crippen LogP contribution in [0.4, 0.5) is 0 Å². The molecule has 206 valence electrons. The first-order valence-corrected chi connectivity index (χ1v) is 13.2. The van der Waals surface area contributed by atoms with Gasteiger partial charge in [-0.1, -0.05) is 50.6 Å². The van der Waals surface area contributed by atoms with Crippen LogP contribution in [0.1, 0.15) is 64.0 Å². The Balaban J connectivity index is 2.22. The maximum Gasteiger partial charge on any atom is 0.247 e. The lowest BCUT2D eigenvalue weighted by Crippen LogP contribution is -2.55. The lowest BCUT2D eigenvalue weighted by molar-refractivity contribution is -0.134. The highest BCUT2D eigenvalue weighted by Crippen LogP contribution is 2.15. The highest BCUT2D eigenvalue weighted by Gasteiger charge is 2.30. The van der Waals surface area contributed by atoms with E-state index in [1.807, 2.05) is 13.0 Å². The topological polar surface area (TPSA) is 166 Å². The summed E-state index contributed by atoms with van der Waals surface area (Å²) in [6, 6.07) is 6.46. The van der Waals surface area contributed by atoms with Crippen molar-refractivity contribution < 1.29 is 19.2 Å². The van der Waals surface area contributed by atoms with Crippen molar-refractivity contribution in [2.24, 2.45) is 11.7 Å². The summed E-state index contributed by atoms with van der Waals surface area (Å²) in [5, 5.41) is 17.3. The van der Waals surface area contributed by atoms with Gasteiger partial charge in [0.2, 0.25) is 23.6 Å². The standard InChI is InChI=1S/C26H43N7O4/c1-4-19-23(35)33-21(18-12-6-5-7-13-18)25(37)29-15-9-8-11-17(2)22(34)32-20(24(36)31-19)14-10-16-30-26(27)28-3/h5-7,12-13,17,19-21,26,28,30H,4,8-11,14-16,27H2,1-3H3,(H,29,37)(H,31,36)(H,32,34)(H,33,35)/t17-,19-,20-,21+,26?/m0/s1. The first kappa shape index (κ1) is 30.2. The van der Waals surface area contributed by atoms with Crippen molar-refractivity contribution in [3.05, 3.63) is 35.9 Å². The molecule has 4 amide bonds. The summed E-state index contributed by atoms with van der Waals surface area (Å²) in [6.07, 6.45) is 2.96. The van der Waals surface area contributed by atoms with E-state index < -0.39 is 29.9 Å². The fourth-order valence-corrected chi connectivity index (χ4v) is 4.08. The highest BCUT2D eigenvalue weighted by atomic mass is 16.2. The van der Waals surface area contributed by atoms with Crippen LogP contribution in [0.25, 0.3) is 0 Å². The van der Waals surface area contributed by atoms with Crippen molar-refractivity contribution in [2.45, 2.75) is 76.8 Å².